The second-order valence-electron chi connectivity index (χ2n) is 6.11. The van der Waals surface area contributed by atoms with Crippen molar-refractivity contribution in [2.45, 2.75) is 17.6 Å². The summed E-state index contributed by atoms with van der Waals surface area (Å²) in [5, 5.41) is 6.25. The average Bonchev–Trinajstić information content (AvgIpc) is 3.15. The van der Waals surface area contributed by atoms with Gasteiger partial charge in [0.15, 0.2) is 5.96 Å². The molecule has 0 aliphatic heterocycles. The SMILES string of the molecule is CN=C(NCCNS(=O)(=O)c1ccc(C)s1)Nc1cccc(OCCCOC)c1.I. The molecule has 0 spiro atoms. The van der Waals surface area contributed by atoms with Gasteiger partial charge in [-0.15, -0.1) is 35.3 Å². The van der Waals surface area contributed by atoms with Crippen LogP contribution in [0.2, 0.25) is 0 Å². The molecule has 0 unspecified atom stereocenters. The Hall–Kier alpha value is -1.41. The Morgan fingerprint density at radius 1 is 1.17 bits per heavy atom. The van der Waals surface area contributed by atoms with E-state index in [0.717, 1.165) is 22.7 Å². The van der Waals surface area contributed by atoms with Gasteiger partial charge in [-0.25, -0.2) is 13.1 Å². The molecule has 1 heterocycles. The molecule has 0 bridgehead atoms. The number of halogens is 1. The zero-order valence-electron chi connectivity index (χ0n) is 17.3. The number of rotatable bonds is 11. The number of aliphatic imine (C=N–C) groups is 1. The molecule has 0 fully saturated rings. The molecule has 11 heteroatoms. The van der Waals surface area contributed by atoms with Crippen LogP contribution in [-0.4, -0.2) is 54.8 Å². The van der Waals surface area contributed by atoms with E-state index in [2.05, 4.69) is 20.3 Å². The Morgan fingerprint density at radius 2 is 1.97 bits per heavy atom. The Labute approximate surface area is 199 Å². The van der Waals surface area contributed by atoms with Gasteiger partial charge in [0, 0.05) is 56.9 Å². The molecule has 0 aliphatic rings. The predicted molar refractivity (Wildman–Crippen MR) is 133 cm³/mol. The molecule has 0 amide bonds. The molecule has 3 N–H and O–H groups in total. The number of hydrogen-bond acceptors (Lipinski definition) is 6. The number of guanidine groups is 1. The maximum atomic E-state index is 12.2. The summed E-state index contributed by atoms with van der Waals surface area (Å²) >= 11 is 1.25. The van der Waals surface area contributed by atoms with E-state index in [1.54, 1.807) is 26.3 Å². The molecule has 0 saturated carbocycles. The van der Waals surface area contributed by atoms with Crippen LogP contribution in [-0.2, 0) is 14.8 Å². The number of sulfonamides is 1. The molecule has 1 aromatic carbocycles. The van der Waals surface area contributed by atoms with E-state index in [-0.39, 0.29) is 30.5 Å². The molecule has 0 aliphatic carbocycles. The van der Waals surface area contributed by atoms with Gasteiger partial charge in [-0.2, -0.15) is 0 Å². The van der Waals surface area contributed by atoms with Gasteiger partial charge in [-0.3, -0.25) is 4.99 Å². The van der Waals surface area contributed by atoms with E-state index in [0.29, 0.717) is 29.9 Å². The van der Waals surface area contributed by atoms with Crippen LogP contribution in [0.25, 0.3) is 0 Å². The smallest absolute Gasteiger partial charge is 0.250 e. The van der Waals surface area contributed by atoms with Gasteiger partial charge in [-0.1, -0.05) is 6.07 Å². The number of anilines is 1. The van der Waals surface area contributed by atoms with Crippen molar-refractivity contribution in [2.24, 2.45) is 4.99 Å². The van der Waals surface area contributed by atoms with Gasteiger partial charge in [0.1, 0.15) is 9.96 Å². The van der Waals surface area contributed by atoms with E-state index in [1.165, 1.54) is 11.3 Å². The Bertz CT molecular complexity index is 903. The first-order valence-electron chi connectivity index (χ1n) is 9.20. The summed E-state index contributed by atoms with van der Waals surface area (Å²) in [7, 11) is -0.163. The van der Waals surface area contributed by atoms with E-state index in [4.69, 9.17) is 9.47 Å². The van der Waals surface area contributed by atoms with Gasteiger partial charge < -0.3 is 20.1 Å². The first-order valence-corrected chi connectivity index (χ1v) is 11.5. The van der Waals surface area contributed by atoms with Gasteiger partial charge in [-0.05, 0) is 31.2 Å². The lowest BCUT2D eigenvalue weighted by atomic mass is 10.3. The number of benzene rings is 1. The number of aryl methyl sites for hydroxylation is 1. The van der Waals surface area contributed by atoms with Gasteiger partial charge in [0.05, 0.1) is 6.61 Å². The summed E-state index contributed by atoms with van der Waals surface area (Å²) in [4.78, 5) is 5.11. The first-order chi connectivity index (χ1) is 13.9. The van der Waals surface area contributed by atoms with E-state index in [1.807, 2.05) is 31.2 Å². The van der Waals surface area contributed by atoms with Crippen molar-refractivity contribution in [3.8, 4) is 5.75 Å². The second kappa shape index (κ2) is 13.8. The summed E-state index contributed by atoms with van der Waals surface area (Å²) in [6, 6.07) is 10.9. The Balaban J connectivity index is 0.00000450. The van der Waals surface area contributed by atoms with Crippen LogP contribution >= 0.6 is 35.3 Å². The van der Waals surface area contributed by atoms with Crippen molar-refractivity contribution >= 4 is 57.0 Å². The van der Waals surface area contributed by atoms with E-state index in [9.17, 15) is 8.42 Å². The minimum absolute atomic E-state index is 0. The zero-order chi connectivity index (χ0) is 21.1. The van der Waals surface area contributed by atoms with Crippen LogP contribution in [0.1, 0.15) is 11.3 Å². The van der Waals surface area contributed by atoms with Crippen LogP contribution in [0.5, 0.6) is 5.75 Å². The lowest BCUT2D eigenvalue weighted by Crippen LogP contribution is -2.37. The lowest BCUT2D eigenvalue weighted by Gasteiger charge is -2.13. The highest BCUT2D eigenvalue weighted by atomic mass is 127. The van der Waals surface area contributed by atoms with Crippen molar-refractivity contribution < 1.29 is 17.9 Å². The van der Waals surface area contributed by atoms with Crippen molar-refractivity contribution in [1.82, 2.24) is 10.0 Å². The highest BCUT2D eigenvalue weighted by Gasteiger charge is 2.15. The predicted octanol–water partition coefficient (Wildman–Crippen LogP) is 3.06. The van der Waals surface area contributed by atoms with Gasteiger partial charge in [0.2, 0.25) is 10.0 Å². The lowest BCUT2D eigenvalue weighted by molar-refractivity contribution is 0.172. The second-order valence-corrected chi connectivity index (χ2v) is 9.39. The molecule has 0 atom stereocenters. The minimum atomic E-state index is -3.48. The number of nitrogens with zero attached hydrogens (tertiary/aromatic N) is 1. The molecule has 168 valence electrons. The van der Waals surface area contributed by atoms with Crippen LogP contribution < -0.4 is 20.1 Å². The third kappa shape index (κ3) is 9.16. The number of nitrogens with one attached hydrogen (secondary N) is 3. The van der Waals surface area contributed by atoms with E-state index < -0.39 is 10.0 Å². The summed E-state index contributed by atoms with van der Waals surface area (Å²) in [6.07, 6.45) is 0.818. The molecular formula is C19H29IN4O4S2. The summed E-state index contributed by atoms with van der Waals surface area (Å²) in [6.45, 7) is 3.73. The van der Waals surface area contributed by atoms with Crippen LogP contribution in [0.15, 0.2) is 45.6 Å². The molecule has 2 rings (SSSR count). The normalized spacial score (nSPS) is 11.6. The van der Waals surface area contributed by atoms with Gasteiger partial charge >= 0.3 is 0 Å². The summed E-state index contributed by atoms with van der Waals surface area (Å²) in [5.74, 6) is 1.29. The highest BCUT2D eigenvalue weighted by molar-refractivity contribution is 14.0. The van der Waals surface area contributed by atoms with E-state index >= 15 is 0 Å². The summed E-state index contributed by atoms with van der Waals surface area (Å²) < 4.78 is 38.0. The topological polar surface area (TPSA) is 101 Å². The monoisotopic (exact) mass is 568 g/mol. The molecule has 0 radical (unpaired) electrons. The third-order valence-electron chi connectivity index (χ3n) is 3.77. The largest absolute Gasteiger partial charge is 0.493 e. The van der Waals surface area contributed by atoms with Crippen molar-refractivity contribution in [3.05, 3.63) is 41.3 Å². The van der Waals surface area contributed by atoms with Crippen LogP contribution in [0, 0.1) is 6.92 Å². The van der Waals surface area contributed by atoms with Crippen LogP contribution in [0.3, 0.4) is 0 Å². The van der Waals surface area contributed by atoms with Crippen molar-refractivity contribution in [1.29, 1.82) is 0 Å². The number of hydrogen-bond donors (Lipinski definition) is 3. The standard InChI is InChI=1S/C19H28N4O4S2.HI/c1-15-8-9-18(28-15)29(24,25)22-11-10-21-19(20-2)23-16-6-4-7-17(14-16)27-13-5-12-26-3;/h4,6-9,14,22H,5,10-13H2,1-3H3,(H2,20,21,23);1H. The zero-order valence-corrected chi connectivity index (χ0v) is 21.3. The Kier molecular flexibility index (Phi) is 12.3. The quantitative estimate of drug-likeness (QED) is 0.167. The fourth-order valence-electron chi connectivity index (χ4n) is 2.37. The number of thiophene rings is 1. The maximum absolute atomic E-state index is 12.2. The molecule has 1 aromatic heterocycles. The van der Waals surface area contributed by atoms with Crippen LogP contribution in [0.4, 0.5) is 5.69 Å². The molecule has 0 saturated heterocycles. The molecule has 2 aromatic rings. The fraction of sp³-hybridized carbons (Fsp3) is 0.421. The number of methoxy groups -OCH3 is 1. The molecular weight excluding hydrogens is 539 g/mol. The molecule has 30 heavy (non-hydrogen) atoms. The first kappa shape index (κ1) is 26.6. The third-order valence-corrected chi connectivity index (χ3v) is 6.73. The number of ether oxygens (including phenoxy) is 2. The Morgan fingerprint density at radius 3 is 2.63 bits per heavy atom. The fourth-order valence-corrected chi connectivity index (χ4v) is 4.73. The maximum Gasteiger partial charge on any atom is 0.250 e. The van der Waals surface area contributed by atoms with Crippen molar-refractivity contribution in [2.75, 3.05) is 45.8 Å². The minimum Gasteiger partial charge on any atom is -0.493 e. The highest BCUT2D eigenvalue weighted by Crippen LogP contribution is 2.20. The summed E-state index contributed by atoms with van der Waals surface area (Å²) in [5.41, 5.74) is 0.817. The average molecular weight is 569 g/mol. The van der Waals surface area contributed by atoms with Crippen molar-refractivity contribution in [3.63, 3.8) is 0 Å². The van der Waals surface area contributed by atoms with Gasteiger partial charge in [0.25, 0.3) is 0 Å². The molecule has 8 nitrogen and oxygen atoms in total.